The summed E-state index contributed by atoms with van der Waals surface area (Å²) < 4.78 is 2.22. The lowest BCUT2D eigenvalue weighted by Gasteiger charge is -2.42. The molecule has 1 fully saturated rings. The number of hydrogen-bond donors (Lipinski definition) is 0. The number of imidazole rings is 1. The van der Waals surface area contributed by atoms with E-state index in [2.05, 4.69) is 53.2 Å². The van der Waals surface area contributed by atoms with Crippen molar-refractivity contribution < 1.29 is 0 Å². The molecule has 0 spiro atoms. The SMILES string of the molecule is Cc1nccn1CN1CCN(C(C)(C)C)CC1. The number of aromatic nitrogens is 2. The van der Waals surface area contributed by atoms with Gasteiger partial charge in [0.25, 0.3) is 0 Å². The molecule has 2 heterocycles. The molecule has 17 heavy (non-hydrogen) atoms. The van der Waals surface area contributed by atoms with Crippen LogP contribution >= 0.6 is 0 Å². The van der Waals surface area contributed by atoms with Crippen molar-refractivity contribution in [1.29, 1.82) is 0 Å². The minimum absolute atomic E-state index is 0.303. The molecule has 1 aliphatic rings. The highest BCUT2D eigenvalue weighted by molar-refractivity contribution is 4.89. The summed E-state index contributed by atoms with van der Waals surface area (Å²) in [5.41, 5.74) is 0.303. The van der Waals surface area contributed by atoms with Crippen molar-refractivity contribution in [3.63, 3.8) is 0 Å². The summed E-state index contributed by atoms with van der Waals surface area (Å²) in [5.74, 6) is 1.10. The Bertz CT molecular complexity index is 356. The zero-order chi connectivity index (χ0) is 12.5. The molecule has 0 bridgehead atoms. The second-order valence-corrected chi connectivity index (χ2v) is 5.86. The summed E-state index contributed by atoms with van der Waals surface area (Å²) in [6.07, 6.45) is 3.94. The molecule has 0 unspecified atom stereocenters. The lowest BCUT2D eigenvalue weighted by Crippen LogP contribution is -2.53. The van der Waals surface area contributed by atoms with E-state index in [-0.39, 0.29) is 0 Å². The van der Waals surface area contributed by atoms with E-state index in [1.54, 1.807) is 0 Å². The third-order valence-corrected chi connectivity index (χ3v) is 3.60. The third-order valence-electron chi connectivity index (χ3n) is 3.60. The molecule has 0 amide bonds. The molecule has 0 atom stereocenters. The smallest absolute Gasteiger partial charge is 0.106 e. The molecule has 4 nitrogen and oxygen atoms in total. The average Bonchev–Trinajstić information content (AvgIpc) is 2.64. The van der Waals surface area contributed by atoms with E-state index in [0.29, 0.717) is 5.54 Å². The van der Waals surface area contributed by atoms with Gasteiger partial charge in [-0.1, -0.05) is 0 Å². The fourth-order valence-electron chi connectivity index (χ4n) is 2.33. The maximum Gasteiger partial charge on any atom is 0.106 e. The monoisotopic (exact) mass is 236 g/mol. The summed E-state index contributed by atoms with van der Waals surface area (Å²) in [5, 5.41) is 0. The lowest BCUT2D eigenvalue weighted by atomic mass is 10.1. The largest absolute Gasteiger partial charge is 0.322 e. The van der Waals surface area contributed by atoms with Crippen molar-refractivity contribution in [3.05, 3.63) is 18.2 Å². The van der Waals surface area contributed by atoms with E-state index in [0.717, 1.165) is 38.7 Å². The third kappa shape index (κ3) is 3.07. The van der Waals surface area contributed by atoms with Crippen LogP contribution in [0.5, 0.6) is 0 Å². The number of rotatable bonds is 2. The normalized spacial score (nSPS) is 19.8. The van der Waals surface area contributed by atoms with Crippen LogP contribution in [0.1, 0.15) is 26.6 Å². The Labute approximate surface area is 104 Å². The van der Waals surface area contributed by atoms with Crippen LogP contribution in [0.2, 0.25) is 0 Å². The van der Waals surface area contributed by atoms with E-state index in [1.165, 1.54) is 0 Å². The van der Waals surface area contributed by atoms with Crippen molar-refractivity contribution in [1.82, 2.24) is 19.4 Å². The van der Waals surface area contributed by atoms with Crippen LogP contribution in [0.25, 0.3) is 0 Å². The first-order valence-corrected chi connectivity index (χ1v) is 6.42. The van der Waals surface area contributed by atoms with Gasteiger partial charge in [-0.3, -0.25) is 9.80 Å². The second-order valence-electron chi connectivity index (χ2n) is 5.86. The zero-order valence-electron chi connectivity index (χ0n) is 11.5. The molecular weight excluding hydrogens is 212 g/mol. The fourth-order valence-corrected chi connectivity index (χ4v) is 2.33. The van der Waals surface area contributed by atoms with Crippen molar-refractivity contribution >= 4 is 0 Å². The van der Waals surface area contributed by atoms with E-state index >= 15 is 0 Å². The van der Waals surface area contributed by atoms with Gasteiger partial charge < -0.3 is 4.57 Å². The van der Waals surface area contributed by atoms with Gasteiger partial charge in [0, 0.05) is 44.1 Å². The zero-order valence-corrected chi connectivity index (χ0v) is 11.5. The Balaban J connectivity index is 1.86. The van der Waals surface area contributed by atoms with Crippen molar-refractivity contribution in [3.8, 4) is 0 Å². The Morgan fingerprint density at radius 2 is 1.82 bits per heavy atom. The first-order valence-electron chi connectivity index (χ1n) is 6.42. The van der Waals surface area contributed by atoms with E-state index in [1.807, 2.05) is 6.20 Å². The predicted octanol–water partition coefficient (Wildman–Crippen LogP) is 1.57. The summed E-state index contributed by atoms with van der Waals surface area (Å²) in [6.45, 7) is 14.5. The molecular formula is C13H24N4. The van der Waals surface area contributed by atoms with Crippen LogP contribution in [0.3, 0.4) is 0 Å². The molecule has 1 aliphatic heterocycles. The highest BCUT2D eigenvalue weighted by Crippen LogP contribution is 2.16. The number of aryl methyl sites for hydroxylation is 1. The standard InChI is InChI=1S/C13H24N4/c1-12-14-5-6-16(12)11-15-7-9-17(10-8-15)13(2,3)4/h5-6H,7-11H2,1-4H3. The number of piperazine rings is 1. The highest BCUT2D eigenvalue weighted by Gasteiger charge is 2.25. The maximum atomic E-state index is 4.26. The van der Waals surface area contributed by atoms with Crippen LogP contribution < -0.4 is 0 Å². The molecule has 1 aromatic heterocycles. The van der Waals surface area contributed by atoms with Gasteiger partial charge in [-0.05, 0) is 27.7 Å². The molecule has 0 saturated carbocycles. The molecule has 2 rings (SSSR count). The van der Waals surface area contributed by atoms with Gasteiger partial charge in [-0.25, -0.2) is 4.98 Å². The first-order chi connectivity index (χ1) is 7.97. The topological polar surface area (TPSA) is 24.3 Å². The predicted molar refractivity (Wildman–Crippen MR) is 69.9 cm³/mol. The van der Waals surface area contributed by atoms with E-state index in [9.17, 15) is 0 Å². The van der Waals surface area contributed by atoms with Gasteiger partial charge in [0.2, 0.25) is 0 Å². The van der Waals surface area contributed by atoms with Gasteiger partial charge in [0.05, 0.1) is 6.67 Å². The Morgan fingerprint density at radius 1 is 1.18 bits per heavy atom. The van der Waals surface area contributed by atoms with Gasteiger partial charge in [-0.2, -0.15) is 0 Å². The quantitative estimate of drug-likeness (QED) is 0.779. The summed E-state index contributed by atoms with van der Waals surface area (Å²) >= 11 is 0. The summed E-state index contributed by atoms with van der Waals surface area (Å²) in [6, 6.07) is 0. The minimum Gasteiger partial charge on any atom is -0.322 e. The van der Waals surface area contributed by atoms with Crippen molar-refractivity contribution in [2.45, 2.75) is 39.9 Å². The molecule has 0 aromatic carbocycles. The van der Waals surface area contributed by atoms with Gasteiger partial charge in [0.1, 0.15) is 5.82 Å². The van der Waals surface area contributed by atoms with Crippen molar-refractivity contribution in [2.24, 2.45) is 0 Å². The van der Waals surface area contributed by atoms with Gasteiger partial charge in [0.15, 0.2) is 0 Å². The number of nitrogens with zero attached hydrogens (tertiary/aromatic N) is 4. The lowest BCUT2D eigenvalue weighted by molar-refractivity contribution is 0.0483. The van der Waals surface area contributed by atoms with Crippen molar-refractivity contribution in [2.75, 3.05) is 26.2 Å². The Kier molecular flexibility index (Phi) is 3.54. The Hall–Kier alpha value is -0.870. The number of hydrogen-bond acceptors (Lipinski definition) is 3. The summed E-state index contributed by atoms with van der Waals surface area (Å²) in [4.78, 5) is 9.32. The molecule has 0 aliphatic carbocycles. The summed E-state index contributed by atoms with van der Waals surface area (Å²) in [7, 11) is 0. The van der Waals surface area contributed by atoms with Crippen LogP contribution in [0.15, 0.2) is 12.4 Å². The van der Waals surface area contributed by atoms with Crippen LogP contribution in [0, 0.1) is 6.92 Å². The van der Waals surface area contributed by atoms with Crippen LogP contribution in [-0.2, 0) is 6.67 Å². The molecule has 0 N–H and O–H groups in total. The molecule has 1 saturated heterocycles. The molecule has 4 heteroatoms. The van der Waals surface area contributed by atoms with E-state index < -0.39 is 0 Å². The van der Waals surface area contributed by atoms with E-state index in [4.69, 9.17) is 0 Å². The molecule has 1 aromatic rings. The minimum atomic E-state index is 0.303. The van der Waals surface area contributed by atoms with Gasteiger partial charge >= 0.3 is 0 Å². The molecule has 96 valence electrons. The average molecular weight is 236 g/mol. The van der Waals surface area contributed by atoms with Crippen LogP contribution in [-0.4, -0.2) is 51.1 Å². The van der Waals surface area contributed by atoms with Gasteiger partial charge in [-0.15, -0.1) is 0 Å². The second kappa shape index (κ2) is 4.78. The van der Waals surface area contributed by atoms with Crippen LogP contribution in [0.4, 0.5) is 0 Å². The fraction of sp³-hybridized carbons (Fsp3) is 0.769. The highest BCUT2D eigenvalue weighted by atomic mass is 15.3. The maximum absolute atomic E-state index is 4.26. The molecule has 0 radical (unpaired) electrons. The Morgan fingerprint density at radius 3 is 2.29 bits per heavy atom. The first kappa shape index (κ1) is 12.6.